The van der Waals surface area contributed by atoms with Crippen molar-refractivity contribution in [1.29, 1.82) is 0 Å². The molecule has 0 aliphatic heterocycles. The second kappa shape index (κ2) is 6.74. The summed E-state index contributed by atoms with van der Waals surface area (Å²) in [5.74, 6) is 13.2. The minimum atomic E-state index is -1.79. The molecule has 1 unspecified atom stereocenters. The Morgan fingerprint density at radius 2 is 1.73 bits per heavy atom. The largest absolute Gasteiger partial charge is 0.403 e. The van der Waals surface area contributed by atoms with E-state index in [-0.39, 0.29) is 11.1 Å². The monoisotopic (exact) mass is 310 g/mol. The summed E-state index contributed by atoms with van der Waals surface area (Å²) in [6, 6.07) is 8.12. The zero-order chi connectivity index (χ0) is 16.2. The van der Waals surface area contributed by atoms with Gasteiger partial charge in [-0.2, -0.15) is 0 Å². The van der Waals surface area contributed by atoms with Crippen molar-refractivity contribution in [2.45, 2.75) is 64.3 Å². The third kappa shape index (κ3) is 4.26. The van der Waals surface area contributed by atoms with Gasteiger partial charge in [-0.15, -0.1) is 0 Å². The van der Waals surface area contributed by atoms with Crippen molar-refractivity contribution >= 4 is 8.32 Å². The summed E-state index contributed by atoms with van der Waals surface area (Å²) >= 11 is 0. The van der Waals surface area contributed by atoms with Crippen LogP contribution in [0.15, 0.2) is 24.3 Å². The molecule has 0 heterocycles. The fourth-order valence-electron chi connectivity index (χ4n) is 2.09. The molecule has 2 heteroatoms. The molecule has 1 aliphatic carbocycles. The number of hydrogen-bond donors (Lipinski definition) is 0. The van der Waals surface area contributed by atoms with E-state index in [0.29, 0.717) is 0 Å². The van der Waals surface area contributed by atoms with Crippen molar-refractivity contribution < 1.29 is 4.43 Å². The van der Waals surface area contributed by atoms with Gasteiger partial charge in [0.25, 0.3) is 0 Å². The lowest BCUT2D eigenvalue weighted by molar-refractivity contribution is 0.221. The zero-order valence-corrected chi connectivity index (χ0v) is 15.4. The van der Waals surface area contributed by atoms with Crippen LogP contribution in [-0.2, 0) is 4.43 Å². The lowest BCUT2D eigenvalue weighted by Crippen LogP contribution is -2.43. The van der Waals surface area contributed by atoms with Crippen molar-refractivity contribution in [3.05, 3.63) is 35.4 Å². The molecule has 116 valence electrons. The van der Waals surface area contributed by atoms with E-state index in [0.717, 1.165) is 30.4 Å². The first-order valence-corrected chi connectivity index (χ1v) is 11.0. The van der Waals surface area contributed by atoms with Gasteiger partial charge < -0.3 is 4.43 Å². The zero-order valence-electron chi connectivity index (χ0n) is 14.4. The van der Waals surface area contributed by atoms with Crippen molar-refractivity contribution in [1.82, 2.24) is 0 Å². The fraction of sp³-hybridized carbons (Fsp3) is 0.500. The molecule has 0 aromatic heterocycles. The van der Waals surface area contributed by atoms with Gasteiger partial charge in [-0.1, -0.05) is 56.6 Å². The molecule has 2 rings (SSSR count). The van der Waals surface area contributed by atoms with E-state index in [1.165, 1.54) is 0 Å². The van der Waals surface area contributed by atoms with Crippen LogP contribution in [0.1, 0.15) is 51.2 Å². The predicted octanol–water partition coefficient (Wildman–Crippen LogP) is 4.96. The van der Waals surface area contributed by atoms with E-state index in [4.69, 9.17) is 4.43 Å². The maximum absolute atomic E-state index is 6.51. The summed E-state index contributed by atoms with van der Waals surface area (Å²) in [5, 5.41) is 0.210. The average molecular weight is 311 g/mol. The van der Waals surface area contributed by atoms with Crippen LogP contribution in [0, 0.1) is 23.7 Å². The lowest BCUT2D eigenvalue weighted by Gasteiger charge is -2.38. The Morgan fingerprint density at radius 3 is 2.36 bits per heavy atom. The van der Waals surface area contributed by atoms with Crippen LogP contribution >= 0.6 is 0 Å². The van der Waals surface area contributed by atoms with E-state index in [1.807, 2.05) is 24.3 Å². The van der Waals surface area contributed by atoms with Gasteiger partial charge >= 0.3 is 0 Å². The summed E-state index contributed by atoms with van der Waals surface area (Å²) in [5.41, 5.74) is 2.05. The van der Waals surface area contributed by atoms with Gasteiger partial charge in [-0.25, -0.2) is 0 Å². The first-order chi connectivity index (χ1) is 10.3. The van der Waals surface area contributed by atoms with Crippen LogP contribution in [0.4, 0.5) is 0 Å². The molecule has 0 spiro atoms. The number of hydrogen-bond acceptors (Lipinski definition) is 1. The van der Waals surface area contributed by atoms with Crippen LogP contribution in [0.25, 0.3) is 0 Å². The minimum Gasteiger partial charge on any atom is -0.403 e. The molecule has 22 heavy (non-hydrogen) atoms. The topological polar surface area (TPSA) is 9.23 Å². The molecule has 0 fully saturated rings. The molecule has 0 N–H and O–H groups in total. The molecule has 0 bridgehead atoms. The molecular weight excluding hydrogens is 284 g/mol. The first-order valence-electron chi connectivity index (χ1n) is 8.07. The molecule has 0 radical (unpaired) electrons. The Labute approximate surface area is 136 Å². The molecule has 1 aliphatic rings. The van der Waals surface area contributed by atoms with Gasteiger partial charge in [0.15, 0.2) is 8.32 Å². The summed E-state index contributed by atoms with van der Waals surface area (Å²) < 4.78 is 6.51. The van der Waals surface area contributed by atoms with E-state index in [9.17, 15) is 0 Å². The van der Waals surface area contributed by atoms with Gasteiger partial charge in [0, 0.05) is 17.5 Å². The molecule has 0 saturated carbocycles. The van der Waals surface area contributed by atoms with Crippen molar-refractivity contribution in [2.24, 2.45) is 0 Å². The summed E-state index contributed by atoms with van der Waals surface area (Å²) in [6.45, 7) is 11.4. The SMILES string of the molecule is CC(C)(C)[Si](C)(C)OC1C#Cc2ccccc2C#CCCC1. The highest BCUT2D eigenvalue weighted by Gasteiger charge is 2.38. The van der Waals surface area contributed by atoms with Crippen LogP contribution in [0.2, 0.25) is 18.1 Å². The van der Waals surface area contributed by atoms with Gasteiger partial charge in [-0.05, 0) is 43.1 Å². The Bertz CT molecular complexity index is 644. The van der Waals surface area contributed by atoms with Gasteiger partial charge in [0.2, 0.25) is 0 Å². The van der Waals surface area contributed by atoms with E-state index in [2.05, 4.69) is 57.5 Å². The number of fused-ring (bicyclic) bond motifs is 1. The van der Waals surface area contributed by atoms with E-state index < -0.39 is 8.32 Å². The molecule has 0 saturated heterocycles. The second-order valence-electron chi connectivity index (χ2n) is 7.38. The number of benzene rings is 1. The summed E-state index contributed by atoms with van der Waals surface area (Å²) in [7, 11) is -1.79. The van der Waals surface area contributed by atoms with E-state index >= 15 is 0 Å². The van der Waals surface area contributed by atoms with E-state index in [1.54, 1.807) is 0 Å². The molecule has 1 nitrogen and oxygen atoms in total. The van der Waals surface area contributed by atoms with Crippen molar-refractivity contribution in [2.75, 3.05) is 0 Å². The molecule has 1 atom stereocenters. The second-order valence-corrected chi connectivity index (χ2v) is 12.1. The molecule has 0 amide bonds. The average Bonchev–Trinajstić information content (AvgIpc) is 2.44. The highest BCUT2D eigenvalue weighted by molar-refractivity contribution is 6.74. The maximum atomic E-state index is 6.51. The van der Waals surface area contributed by atoms with Gasteiger partial charge in [0.05, 0.1) is 0 Å². The Hall–Kier alpha value is -1.48. The molecule has 1 aromatic rings. The fourth-order valence-corrected chi connectivity index (χ4v) is 3.33. The predicted molar refractivity (Wildman–Crippen MR) is 96.1 cm³/mol. The molecular formula is C20H26OSi. The summed E-state index contributed by atoms with van der Waals surface area (Å²) in [4.78, 5) is 0. The van der Waals surface area contributed by atoms with Crippen LogP contribution in [0.3, 0.4) is 0 Å². The van der Waals surface area contributed by atoms with Crippen LogP contribution < -0.4 is 0 Å². The highest BCUT2D eigenvalue weighted by Crippen LogP contribution is 2.37. The Morgan fingerprint density at radius 1 is 1.09 bits per heavy atom. The Kier molecular flexibility index (Phi) is 5.17. The smallest absolute Gasteiger partial charge is 0.193 e. The highest BCUT2D eigenvalue weighted by atomic mass is 28.4. The van der Waals surface area contributed by atoms with Gasteiger partial charge in [0.1, 0.15) is 6.10 Å². The summed E-state index contributed by atoms with van der Waals surface area (Å²) in [6.07, 6.45) is 2.95. The lowest BCUT2D eigenvalue weighted by atomic mass is 10.1. The maximum Gasteiger partial charge on any atom is 0.193 e. The first kappa shape index (κ1) is 16.9. The van der Waals surface area contributed by atoms with Gasteiger partial charge in [-0.3, -0.25) is 0 Å². The number of rotatable bonds is 2. The normalized spacial score (nSPS) is 18.3. The quantitative estimate of drug-likeness (QED) is 0.554. The van der Waals surface area contributed by atoms with Crippen LogP contribution in [-0.4, -0.2) is 14.4 Å². The third-order valence-electron chi connectivity index (χ3n) is 4.53. The van der Waals surface area contributed by atoms with Crippen LogP contribution in [0.5, 0.6) is 0 Å². The minimum absolute atomic E-state index is 0.0221. The third-order valence-corrected chi connectivity index (χ3v) is 9.02. The van der Waals surface area contributed by atoms with Crippen molar-refractivity contribution in [3.8, 4) is 23.7 Å². The van der Waals surface area contributed by atoms with Crippen molar-refractivity contribution in [3.63, 3.8) is 0 Å². The Balaban J connectivity index is 2.27. The standard InChI is InChI=1S/C20H26OSi/c1-20(2,3)22(4,5)21-19-14-8-6-7-11-17-12-9-10-13-18(17)15-16-19/h9-10,12-13,19H,6,8,14H2,1-5H3. The molecule has 1 aromatic carbocycles.